The molecule has 19 heavy (non-hydrogen) atoms. The van der Waals surface area contributed by atoms with E-state index in [0.29, 0.717) is 17.1 Å². The molecule has 0 bridgehead atoms. The first-order valence-corrected chi connectivity index (χ1v) is 6.09. The van der Waals surface area contributed by atoms with Crippen LogP contribution in [0.1, 0.15) is 18.7 Å². The zero-order chi connectivity index (χ0) is 13.5. The molecule has 1 saturated carbocycles. The topological polar surface area (TPSA) is 61.0 Å². The number of hydrogen-bond donors (Lipinski definition) is 1. The molecule has 0 saturated heterocycles. The van der Waals surface area contributed by atoms with Gasteiger partial charge >= 0.3 is 0 Å². The lowest BCUT2D eigenvalue weighted by molar-refractivity contribution is 0.386. The second-order valence-electron chi connectivity index (χ2n) is 4.77. The maximum Gasteiger partial charge on any atom is 0.165 e. The Morgan fingerprint density at radius 2 is 2.11 bits per heavy atom. The summed E-state index contributed by atoms with van der Waals surface area (Å²) >= 11 is 0. The van der Waals surface area contributed by atoms with E-state index < -0.39 is 5.82 Å². The summed E-state index contributed by atoms with van der Waals surface area (Å²) in [6, 6.07) is 6.50. The van der Waals surface area contributed by atoms with E-state index in [4.69, 9.17) is 10.5 Å². The summed E-state index contributed by atoms with van der Waals surface area (Å²) in [7, 11) is 1.44. The van der Waals surface area contributed by atoms with Crippen LogP contribution in [0.15, 0.2) is 30.5 Å². The lowest BCUT2D eigenvalue weighted by Gasteiger charge is -2.09. The van der Waals surface area contributed by atoms with Crippen molar-refractivity contribution in [2.45, 2.75) is 18.4 Å². The van der Waals surface area contributed by atoms with Crippen molar-refractivity contribution in [2.24, 2.45) is 5.73 Å². The summed E-state index contributed by atoms with van der Waals surface area (Å²) in [4.78, 5) is 8.63. The van der Waals surface area contributed by atoms with Gasteiger partial charge in [0.05, 0.1) is 18.3 Å². The number of halogens is 1. The Kier molecular flexibility index (Phi) is 2.71. The lowest BCUT2D eigenvalue weighted by Crippen LogP contribution is -2.22. The van der Waals surface area contributed by atoms with E-state index in [1.54, 1.807) is 24.4 Å². The first-order valence-electron chi connectivity index (χ1n) is 6.09. The second kappa shape index (κ2) is 4.28. The van der Waals surface area contributed by atoms with E-state index >= 15 is 0 Å². The van der Waals surface area contributed by atoms with Crippen LogP contribution in [0, 0.1) is 5.82 Å². The van der Waals surface area contributed by atoms with Gasteiger partial charge in [-0.1, -0.05) is 0 Å². The van der Waals surface area contributed by atoms with E-state index in [0.717, 1.165) is 12.8 Å². The van der Waals surface area contributed by atoms with E-state index in [1.165, 1.54) is 13.2 Å². The number of methoxy groups -OCH3 is 1. The molecule has 3 rings (SSSR count). The normalized spacial score (nSPS) is 16.2. The third kappa shape index (κ3) is 2.17. The van der Waals surface area contributed by atoms with Gasteiger partial charge in [0, 0.05) is 11.8 Å². The largest absolute Gasteiger partial charge is 0.494 e. The monoisotopic (exact) mass is 259 g/mol. The molecule has 1 aliphatic carbocycles. The Hall–Kier alpha value is -2.01. The van der Waals surface area contributed by atoms with Crippen molar-refractivity contribution in [3.63, 3.8) is 0 Å². The van der Waals surface area contributed by atoms with Crippen molar-refractivity contribution in [3.8, 4) is 17.0 Å². The number of nitrogens with two attached hydrogens (primary N) is 1. The maximum atomic E-state index is 13.7. The predicted octanol–water partition coefficient (Wildman–Crippen LogP) is 2.24. The van der Waals surface area contributed by atoms with Gasteiger partial charge in [-0.05, 0) is 37.1 Å². The molecular weight excluding hydrogens is 245 g/mol. The minimum absolute atomic E-state index is 0.218. The summed E-state index contributed by atoms with van der Waals surface area (Å²) in [5.41, 5.74) is 7.04. The molecule has 4 nitrogen and oxygen atoms in total. The molecule has 2 aromatic rings. The minimum Gasteiger partial charge on any atom is -0.494 e. The highest BCUT2D eigenvalue weighted by Crippen LogP contribution is 2.41. The molecule has 1 aliphatic rings. The number of hydrogen-bond acceptors (Lipinski definition) is 4. The van der Waals surface area contributed by atoms with Crippen LogP contribution in [-0.2, 0) is 5.54 Å². The van der Waals surface area contributed by atoms with Gasteiger partial charge in [0.1, 0.15) is 5.82 Å². The van der Waals surface area contributed by atoms with Crippen molar-refractivity contribution < 1.29 is 9.13 Å². The highest BCUT2D eigenvalue weighted by Gasteiger charge is 2.43. The molecular formula is C14H14FN3O. The van der Waals surface area contributed by atoms with Crippen molar-refractivity contribution in [1.82, 2.24) is 9.97 Å². The highest BCUT2D eigenvalue weighted by atomic mass is 19.1. The minimum atomic E-state index is -0.408. The fourth-order valence-corrected chi connectivity index (χ4v) is 1.94. The zero-order valence-electron chi connectivity index (χ0n) is 10.6. The Bertz CT molecular complexity index is 626. The highest BCUT2D eigenvalue weighted by molar-refractivity contribution is 5.60. The van der Waals surface area contributed by atoms with Gasteiger partial charge in [0.2, 0.25) is 0 Å². The summed E-state index contributed by atoms with van der Waals surface area (Å²) < 4.78 is 18.6. The van der Waals surface area contributed by atoms with Gasteiger partial charge in [0.15, 0.2) is 11.6 Å². The second-order valence-corrected chi connectivity index (χ2v) is 4.77. The quantitative estimate of drug-likeness (QED) is 0.918. The Balaban J connectivity index is 2.00. The van der Waals surface area contributed by atoms with Crippen LogP contribution in [-0.4, -0.2) is 17.1 Å². The van der Waals surface area contributed by atoms with E-state index in [9.17, 15) is 4.39 Å². The fraction of sp³-hybridized carbons (Fsp3) is 0.286. The summed E-state index contributed by atoms with van der Waals surface area (Å²) in [5, 5.41) is 0. The standard InChI is InChI=1S/C14H14FN3O/c1-19-12-3-2-9(8-10(12)15)11-4-7-17-13(18-11)14(16)5-6-14/h2-4,7-8H,5-6,16H2,1H3. The molecule has 0 radical (unpaired) electrons. The number of rotatable bonds is 3. The van der Waals surface area contributed by atoms with Crippen LogP contribution in [0.4, 0.5) is 4.39 Å². The molecule has 0 unspecified atom stereocenters. The molecule has 2 N–H and O–H groups in total. The molecule has 5 heteroatoms. The zero-order valence-corrected chi connectivity index (χ0v) is 10.6. The van der Waals surface area contributed by atoms with Crippen LogP contribution >= 0.6 is 0 Å². The van der Waals surface area contributed by atoms with Crippen molar-refractivity contribution in [2.75, 3.05) is 7.11 Å². The van der Waals surface area contributed by atoms with Crippen molar-refractivity contribution in [3.05, 3.63) is 42.1 Å². The smallest absolute Gasteiger partial charge is 0.165 e. The number of nitrogens with zero attached hydrogens (tertiary/aromatic N) is 2. The van der Waals surface area contributed by atoms with E-state index in [-0.39, 0.29) is 11.3 Å². The van der Waals surface area contributed by atoms with Crippen LogP contribution in [0.5, 0.6) is 5.75 Å². The molecule has 0 aliphatic heterocycles. The first kappa shape index (κ1) is 12.0. The molecule has 1 aromatic heterocycles. The van der Waals surface area contributed by atoms with Crippen LogP contribution in [0.25, 0.3) is 11.3 Å². The molecule has 1 fully saturated rings. The van der Waals surface area contributed by atoms with Gasteiger partial charge in [0.25, 0.3) is 0 Å². The van der Waals surface area contributed by atoms with Crippen molar-refractivity contribution in [1.29, 1.82) is 0 Å². The summed E-state index contributed by atoms with van der Waals surface area (Å²) in [5.74, 6) is 0.436. The molecule has 0 amide bonds. The van der Waals surface area contributed by atoms with E-state index in [2.05, 4.69) is 9.97 Å². The van der Waals surface area contributed by atoms with Crippen LogP contribution < -0.4 is 10.5 Å². The number of benzene rings is 1. The Morgan fingerprint density at radius 1 is 1.32 bits per heavy atom. The average molecular weight is 259 g/mol. The van der Waals surface area contributed by atoms with Gasteiger partial charge in [-0.2, -0.15) is 0 Å². The maximum absolute atomic E-state index is 13.7. The third-order valence-electron chi connectivity index (χ3n) is 3.34. The van der Waals surface area contributed by atoms with Gasteiger partial charge in [-0.25, -0.2) is 14.4 Å². The SMILES string of the molecule is COc1ccc(-c2ccnc(C3(N)CC3)n2)cc1F. The van der Waals surface area contributed by atoms with Crippen LogP contribution in [0.2, 0.25) is 0 Å². The van der Waals surface area contributed by atoms with Crippen molar-refractivity contribution >= 4 is 0 Å². The molecule has 0 spiro atoms. The fourth-order valence-electron chi connectivity index (χ4n) is 1.94. The average Bonchev–Trinajstić information content (AvgIpc) is 3.18. The van der Waals surface area contributed by atoms with Gasteiger partial charge < -0.3 is 10.5 Å². The van der Waals surface area contributed by atoms with Gasteiger partial charge in [-0.3, -0.25) is 0 Å². The number of aromatic nitrogens is 2. The van der Waals surface area contributed by atoms with E-state index in [1.807, 2.05) is 0 Å². The molecule has 98 valence electrons. The molecule has 1 aromatic carbocycles. The molecule has 1 heterocycles. The Morgan fingerprint density at radius 3 is 2.74 bits per heavy atom. The Labute approximate surface area is 110 Å². The third-order valence-corrected chi connectivity index (χ3v) is 3.34. The van der Waals surface area contributed by atoms with Gasteiger partial charge in [-0.15, -0.1) is 0 Å². The lowest BCUT2D eigenvalue weighted by atomic mass is 10.1. The molecule has 0 atom stereocenters. The predicted molar refractivity (Wildman–Crippen MR) is 69.1 cm³/mol. The van der Waals surface area contributed by atoms with Crippen LogP contribution in [0.3, 0.4) is 0 Å². The summed E-state index contributed by atoms with van der Waals surface area (Å²) in [6.45, 7) is 0. The first-order chi connectivity index (χ1) is 9.12. The number of ether oxygens (including phenoxy) is 1. The summed E-state index contributed by atoms with van der Waals surface area (Å²) in [6.07, 6.45) is 3.45.